The molecule has 21 heavy (non-hydrogen) atoms. The van der Waals surface area contributed by atoms with E-state index in [1.807, 2.05) is 26.2 Å². The first-order valence-corrected chi connectivity index (χ1v) is 7.66. The molecule has 0 saturated carbocycles. The molecule has 0 aliphatic carbocycles. The van der Waals surface area contributed by atoms with Crippen molar-refractivity contribution >= 4 is 22.8 Å². The van der Waals surface area contributed by atoms with Crippen molar-refractivity contribution in [3.05, 3.63) is 31.9 Å². The number of hydrogen-bond donors (Lipinski definition) is 1. The molecular formula is C13H19N5O2S. The minimum Gasteiger partial charge on any atom is -0.364 e. The van der Waals surface area contributed by atoms with E-state index in [1.165, 1.54) is 0 Å². The van der Waals surface area contributed by atoms with E-state index in [-0.39, 0.29) is 16.7 Å². The third kappa shape index (κ3) is 3.38. The van der Waals surface area contributed by atoms with E-state index in [0.717, 1.165) is 17.1 Å². The van der Waals surface area contributed by atoms with Crippen molar-refractivity contribution in [3.63, 3.8) is 0 Å². The summed E-state index contributed by atoms with van der Waals surface area (Å²) < 4.78 is 1.67. The van der Waals surface area contributed by atoms with Gasteiger partial charge in [-0.3, -0.25) is 10.1 Å². The number of nitrogens with one attached hydrogen (secondary N) is 1. The summed E-state index contributed by atoms with van der Waals surface area (Å²) >= 11 is 1.61. The van der Waals surface area contributed by atoms with Crippen LogP contribution in [0.4, 0.5) is 11.5 Å². The third-order valence-electron chi connectivity index (χ3n) is 3.07. The Labute approximate surface area is 127 Å². The van der Waals surface area contributed by atoms with E-state index in [1.54, 1.807) is 22.9 Å². The van der Waals surface area contributed by atoms with Crippen LogP contribution in [0.25, 0.3) is 0 Å². The van der Waals surface area contributed by atoms with Gasteiger partial charge in [-0.15, -0.1) is 11.3 Å². The van der Waals surface area contributed by atoms with Crippen LogP contribution in [0.5, 0.6) is 0 Å². The quantitative estimate of drug-likeness (QED) is 0.654. The number of aromatic nitrogens is 3. The highest BCUT2D eigenvalue weighted by Gasteiger charge is 2.26. The van der Waals surface area contributed by atoms with Gasteiger partial charge in [0.15, 0.2) is 0 Å². The zero-order chi connectivity index (χ0) is 15.6. The highest BCUT2D eigenvalue weighted by molar-refractivity contribution is 7.09. The van der Waals surface area contributed by atoms with Crippen LogP contribution in [0, 0.1) is 24.0 Å². The zero-order valence-electron chi connectivity index (χ0n) is 12.6. The Morgan fingerprint density at radius 2 is 2.19 bits per heavy atom. The normalized spacial score (nSPS) is 11.1. The van der Waals surface area contributed by atoms with Crippen molar-refractivity contribution in [2.24, 2.45) is 0 Å². The maximum atomic E-state index is 11.2. The molecule has 0 amide bonds. The van der Waals surface area contributed by atoms with Gasteiger partial charge in [0.1, 0.15) is 5.69 Å². The third-order valence-corrected chi connectivity index (χ3v) is 3.89. The lowest BCUT2D eigenvalue weighted by Crippen LogP contribution is -2.13. The summed E-state index contributed by atoms with van der Waals surface area (Å²) in [5.41, 5.74) is 1.49. The molecule has 0 radical (unpaired) electrons. The van der Waals surface area contributed by atoms with Crippen LogP contribution >= 0.6 is 11.3 Å². The Hall–Kier alpha value is -1.96. The summed E-state index contributed by atoms with van der Waals surface area (Å²) in [4.78, 5) is 15.2. The summed E-state index contributed by atoms with van der Waals surface area (Å²) in [6.45, 7) is 8.10. The molecule has 0 spiro atoms. The lowest BCUT2D eigenvalue weighted by Gasteiger charge is -2.11. The van der Waals surface area contributed by atoms with Gasteiger partial charge in [0.25, 0.3) is 0 Å². The van der Waals surface area contributed by atoms with Gasteiger partial charge in [-0.2, -0.15) is 5.10 Å². The average Bonchev–Trinajstić information content (AvgIpc) is 2.93. The molecule has 0 aromatic carbocycles. The van der Waals surface area contributed by atoms with E-state index in [9.17, 15) is 10.1 Å². The lowest BCUT2D eigenvalue weighted by atomic mass is 10.3. The van der Waals surface area contributed by atoms with E-state index in [2.05, 4.69) is 15.4 Å². The molecule has 114 valence electrons. The van der Waals surface area contributed by atoms with Gasteiger partial charge in [0, 0.05) is 24.4 Å². The summed E-state index contributed by atoms with van der Waals surface area (Å²) in [6.07, 6.45) is 0.726. The second kappa shape index (κ2) is 6.21. The van der Waals surface area contributed by atoms with E-state index < -0.39 is 0 Å². The van der Waals surface area contributed by atoms with Crippen molar-refractivity contribution in [1.82, 2.24) is 14.8 Å². The van der Waals surface area contributed by atoms with Gasteiger partial charge >= 0.3 is 5.69 Å². The van der Waals surface area contributed by atoms with Gasteiger partial charge < -0.3 is 5.32 Å². The molecular weight excluding hydrogens is 290 g/mol. The Morgan fingerprint density at radius 3 is 2.71 bits per heavy atom. The zero-order valence-corrected chi connectivity index (χ0v) is 13.4. The van der Waals surface area contributed by atoms with Crippen LogP contribution in [0.1, 0.15) is 36.3 Å². The maximum Gasteiger partial charge on any atom is 0.333 e. The monoisotopic (exact) mass is 309 g/mol. The SMILES string of the molecule is Cc1nc(CCNc2c([N+](=O)[O-])c(C)nn2C(C)C)cs1. The molecule has 0 fully saturated rings. The standard InChI is InChI=1S/C13H19N5O2S/c1-8(2)17-13(12(18(19)20)9(3)16-17)14-6-5-11-7-21-10(4)15-11/h7-8,14H,5-6H2,1-4H3. The predicted octanol–water partition coefficient (Wildman–Crippen LogP) is 3.10. The number of thiazole rings is 1. The van der Waals surface area contributed by atoms with Crippen LogP contribution in [0.15, 0.2) is 5.38 Å². The molecule has 0 unspecified atom stereocenters. The van der Waals surface area contributed by atoms with Crippen LogP contribution in [0.3, 0.4) is 0 Å². The van der Waals surface area contributed by atoms with Crippen LogP contribution in [0.2, 0.25) is 0 Å². The number of anilines is 1. The topological polar surface area (TPSA) is 85.9 Å². The molecule has 2 aromatic rings. The molecule has 0 aliphatic heterocycles. The Morgan fingerprint density at radius 1 is 1.48 bits per heavy atom. The van der Waals surface area contributed by atoms with Gasteiger partial charge in [-0.1, -0.05) is 0 Å². The number of aryl methyl sites for hydroxylation is 2. The molecule has 2 aromatic heterocycles. The smallest absolute Gasteiger partial charge is 0.333 e. The van der Waals surface area contributed by atoms with Gasteiger partial charge in [-0.05, 0) is 27.7 Å². The highest BCUT2D eigenvalue weighted by atomic mass is 32.1. The second-order valence-corrected chi connectivity index (χ2v) is 6.17. The molecule has 1 N–H and O–H groups in total. The van der Waals surface area contributed by atoms with Crippen LogP contribution in [-0.4, -0.2) is 26.2 Å². The fourth-order valence-corrected chi connectivity index (χ4v) is 2.77. The van der Waals surface area contributed by atoms with E-state index in [0.29, 0.717) is 18.1 Å². The first-order valence-electron chi connectivity index (χ1n) is 6.78. The molecule has 0 saturated heterocycles. The van der Waals surface area contributed by atoms with Crippen molar-refractivity contribution in [2.75, 3.05) is 11.9 Å². The Balaban J connectivity index is 2.15. The largest absolute Gasteiger partial charge is 0.364 e. The van der Waals surface area contributed by atoms with Gasteiger partial charge in [-0.25, -0.2) is 9.67 Å². The lowest BCUT2D eigenvalue weighted by molar-refractivity contribution is -0.384. The summed E-state index contributed by atoms with van der Waals surface area (Å²) in [6, 6.07) is 0.0569. The first-order chi connectivity index (χ1) is 9.90. The minimum atomic E-state index is -0.378. The molecule has 0 atom stereocenters. The van der Waals surface area contributed by atoms with Crippen LogP contribution in [-0.2, 0) is 6.42 Å². The second-order valence-electron chi connectivity index (χ2n) is 5.11. The number of nitrogens with zero attached hydrogens (tertiary/aromatic N) is 4. The van der Waals surface area contributed by atoms with Crippen molar-refractivity contribution in [1.29, 1.82) is 0 Å². The highest BCUT2D eigenvalue weighted by Crippen LogP contribution is 2.30. The minimum absolute atomic E-state index is 0.0539. The molecule has 8 heteroatoms. The molecule has 0 bridgehead atoms. The molecule has 2 rings (SSSR count). The van der Waals surface area contributed by atoms with Crippen molar-refractivity contribution < 1.29 is 4.92 Å². The Bertz CT molecular complexity index is 647. The van der Waals surface area contributed by atoms with Crippen molar-refractivity contribution in [3.8, 4) is 0 Å². The predicted molar refractivity (Wildman–Crippen MR) is 83.0 cm³/mol. The number of nitro groups is 1. The summed E-state index contributed by atoms with van der Waals surface area (Å²) in [5.74, 6) is 0.472. The maximum absolute atomic E-state index is 11.2. The van der Waals surface area contributed by atoms with Crippen molar-refractivity contribution in [2.45, 2.75) is 40.2 Å². The molecule has 0 aliphatic rings. The van der Waals surface area contributed by atoms with E-state index >= 15 is 0 Å². The Kier molecular flexibility index (Phi) is 4.56. The van der Waals surface area contributed by atoms with Gasteiger partial charge in [0.2, 0.25) is 5.82 Å². The van der Waals surface area contributed by atoms with Crippen LogP contribution < -0.4 is 5.32 Å². The fraction of sp³-hybridized carbons (Fsp3) is 0.538. The summed E-state index contributed by atoms with van der Waals surface area (Å²) in [5, 5.41) is 21.7. The summed E-state index contributed by atoms with van der Waals surface area (Å²) in [7, 11) is 0. The fourth-order valence-electron chi connectivity index (χ4n) is 2.13. The number of rotatable bonds is 6. The molecule has 7 nitrogen and oxygen atoms in total. The molecule has 2 heterocycles. The number of hydrogen-bond acceptors (Lipinski definition) is 6. The van der Waals surface area contributed by atoms with E-state index in [4.69, 9.17) is 0 Å². The van der Waals surface area contributed by atoms with Gasteiger partial charge in [0.05, 0.1) is 15.6 Å². The first kappa shape index (κ1) is 15.4. The average molecular weight is 309 g/mol.